The molecule has 4 aliphatic heterocycles. The fraction of sp³-hybridized carbons (Fsp3) is 0.583. The summed E-state index contributed by atoms with van der Waals surface area (Å²) in [7, 11) is 0. The Morgan fingerprint density at radius 1 is 1.17 bits per heavy atom. The normalized spacial score (nSPS) is 22.5. The number of nitrogens with zero attached hydrogens (tertiary/aromatic N) is 6. The highest BCUT2D eigenvalue weighted by molar-refractivity contribution is 6.04. The first-order chi connectivity index (χ1) is 17.2. The Morgan fingerprint density at radius 2 is 2.06 bits per heavy atom. The van der Waals surface area contributed by atoms with Crippen molar-refractivity contribution in [1.29, 1.82) is 0 Å². The summed E-state index contributed by atoms with van der Waals surface area (Å²) >= 11 is 0. The van der Waals surface area contributed by atoms with Crippen LogP contribution in [0.25, 0.3) is 0 Å². The molecule has 6 heterocycles. The van der Waals surface area contributed by atoms with Crippen molar-refractivity contribution in [2.75, 3.05) is 44.4 Å². The van der Waals surface area contributed by atoms with Crippen LogP contribution in [0.3, 0.4) is 0 Å². The Labute approximate surface area is 203 Å². The lowest BCUT2D eigenvalue weighted by Gasteiger charge is -2.32. The topological polar surface area (TPSA) is 124 Å². The Bertz CT molecular complexity index is 1110. The number of piperidine rings is 1. The standard InChI is InChI=1S/C24H29N7O4/c32-22(27-16-12-33-13-16)21-28-23(30-24(29-21)35-14-17-3-2-10-34-17)31-8-5-15(6-9-31)20-18-4-1-7-25-19(18)11-26-20/h1,4,7,15-17H,2-3,5-6,8-14H2,(H,27,32)/t17-/m1/s1. The SMILES string of the molecule is O=C(NC1COC1)c1nc(OC[C@H]2CCCO2)nc(N2CCC(C3=NCc4ncccc43)CC2)n1. The minimum atomic E-state index is -0.344. The summed E-state index contributed by atoms with van der Waals surface area (Å²) in [6.07, 6.45) is 5.67. The molecule has 6 rings (SSSR count). The summed E-state index contributed by atoms with van der Waals surface area (Å²) in [5, 5.41) is 2.90. The molecule has 1 N–H and O–H groups in total. The van der Waals surface area contributed by atoms with Crippen molar-refractivity contribution in [1.82, 2.24) is 25.3 Å². The van der Waals surface area contributed by atoms with Gasteiger partial charge in [-0.05, 0) is 37.8 Å². The number of aromatic nitrogens is 4. The zero-order valence-corrected chi connectivity index (χ0v) is 19.6. The van der Waals surface area contributed by atoms with Gasteiger partial charge in [-0.1, -0.05) is 0 Å². The van der Waals surface area contributed by atoms with Crippen molar-refractivity contribution in [2.24, 2.45) is 10.9 Å². The number of hydrogen-bond acceptors (Lipinski definition) is 10. The predicted molar refractivity (Wildman–Crippen MR) is 126 cm³/mol. The van der Waals surface area contributed by atoms with Crippen molar-refractivity contribution < 1.29 is 19.0 Å². The monoisotopic (exact) mass is 479 g/mol. The van der Waals surface area contributed by atoms with Gasteiger partial charge in [-0.15, -0.1) is 0 Å². The van der Waals surface area contributed by atoms with Crippen molar-refractivity contribution in [2.45, 2.75) is 44.4 Å². The number of ether oxygens (including phenoxy) is 3. The quantitative estimate of drug-likeness (QED) is 0.623. The molecule has 2 aromatic rings. The number of hydrogen-bond donors (Lipinski definition) is 1. The second-order valence-corrected chi connectivity index (χ2v) is 9.36. The molecule has 1 atom stereocenters. The summed E-state index contributed by atoms with van der Waals surface area (Å²) < 4.78 is 16.7. The number of aliphatic imine (C=N–C) groups is 1. The summed E-state index contributed by atoms with van der Waals surface area (Å²) in [5.41, 5.74) is 3.39. The van der Waals surface area contributed by atoms with Crippen molar-refractivity contribution in [3.8, 4) is 6.01 Å². The lowest BCUT2D eigenvalue weighted by Crippen LogP contribution is -2.49. The zero-order chi connectivity index (χ0) is 23.6. The van der Waals surface area contributed by atoms with Gasteiger partial charge in [0.15, 0.2) is 0 Å². The number of rotatable bonds is 7. The predicted octanol–water partition coefficient (Wildman–Crippen LogP) is 1.17. The highest BCUT2D eigenvalue weighted by Gasteiger charge is 2.30. The van der Waals surface area contributed by atoms with Crippen LogP contribution in [0.15, 0.2) is 23.3 Å². The van der Waals surface area contributed by atoms with E-state index in [0.29, 0.717) is 38.2 Å². The van der Waals surface area contributed by atoms with E-state index < -0.39 is 0 Å². The maximum absolute atomic E-state index is 12.8. The van der Waals surface area contributed by atoms with Crippen LogP contribution in [0.4, 0.5) is 5.95 Å². The molecule has 0 unspecified atom stereocenters. The highest BCUT2D eigenvalue weighted by Crippen LogP contribution is 2.29. The molecule has 0 bridgehead atoms. The maximum atomic E-state index is 12.8. The molecule has 3 saturated heterocycles. The first-order valence-electron chi connectivity index (χ1n) is 12.4. The Balaban J connectivity index is 1.16. The maximum Gasteiger partial charge on any atom is 0.322 e. The summed E-state index contributed by atoms with van der Waals surface area (Å²) in [6.45, 7) is 4.28. The van der Waals surface area contributed by atoms with Crippen LogP contribution >= 0.6 is 0 Å². The van der Waals surface area contributed by atoms with Crippen LogP contribution in [0.5, 0.6) is 6.01 Å². The van der Waals surface area contributed by atoms with Crippen LogP contribution < -0.4 is 15.0 Å². The van der Waals surface area contributed by atoms with Gasteiger partial charge < -0.3 is 24.4 Å². The van der Waals surface area contributed by atoms with Crippen LogP contribution in [-0.2, 0) is 16.0 Å². The van der Waals surface area contributed by atoms with Gasteiger partial charge in [-0.25, -0.2) is 0 Å². The van der Waals surface area contributed by atoms with Gasteiger partial charge in [0.05, 0.1) is 37.6 Å². The average molecular weight is 480 g/mol. The van der Waals surface area contributed by atoms with E-state index in [1.54, 1.807) is 0 Å². The number of fused-ring (bicyclic) bond motifs is 1. The largest absolute Gasteiger partial charge is 0.461 e. The fourth-order valence-corrected chi connectivity index (χ4v) is 4.91. The van der Waals surface area contributed by atoms with Crippen molar-refractivity contribution in [3.63, 3.8) is 0 Å². The molecule has 0 aromatic carbocycles. The summed E-state index contributed by atoms with van der Waals surface area (Å²) in [6, 6.07) is 4.23. The summed E-state index contributed by atoms with van der Waals surface area (Å²) in [5.74, 6) is 0.552. The van der Waals surface area contributed by atoms with Crippen LogP contribution in [0, 0.1) is 5.92 Å². The number of carbonyl (C=O) groups is 1. The van der Waals surface area contributed by atoms with Gasteiger partial charge in [0.2, 0.25) is 11.8 Å². The zero-order valence-electron chi connectivity index (χ0n) is 19.6. The lowest BCUT2D eigenvalue weighted by atomic mass is 9.88. The summed E-state index contributed by atoms with van der Waals surface area (Å²) in [4.78, 5) is 37.5. The smallest absolute Gasteiger partial charge is 0.322 e. The van der Waals surface area contributed by atoms with E-state index in [0.717, 1.165) is 56.8 Å². The fourth-order valence-electron chi connectivity index (χ4n) is 4.91. The molecular formula is C24H29N7O4. The van der Waals surface area contributed by atoms with Gasteiger partial charge in [0.1, 0.15) is 6.61 Å². The first kappa shape index (κ1) is 22.3. The molecular weight excluding hydrogens is 450 g/mol. The second-order valence-electron chi connectivity index (χ2n) is 9.36. The Hall–Kier alpha value is -3.18. The van der Waals surface area contributed by atoms with E-state index in [2.05, 4.69) is 36.2 Å². The molecule has 184 valence electrons. The second kappa shape index (κ2) is 9.82. The number of anilines is 1. The van der Waals surface area contributed by atoms with Gasteiger partial charge in [0, 0.05) is 43.1 Å². The van der Waals surface area contributed by atoms with E-state index in [4.69, 9.17) is 19.2 Å². The molecule has 0 radical (unpaired) electrons. The van der Waals surface area contributed by atoms with Gasteiger partial charge in [0.25, 0.3) is 5.91 Å². The minimum Gasteiger partial charge on any atom is -0.461 e. The van der Waals surface area contributed by atoms with Crippen LogP contribution in [0.1, 0.15) is 47.6 Å². The molecule has 3 fully saturated rings. The number of amides is 1. The van der Waals surface area contributed by atoms with Gasteiger partial charge in [-0.3, -0.25) is 14.8 Å². The molecule has 2 aromatic heterocycles. The number of carbonyl (C=O) groups excluding carboxylic acids is 1. The first-order valence-corrected chi connectivity index (χ1v) is 12.4. The molecule has 35 heavy (non-hydrogen) atoms. The van der Waals surface area contributed by atoms with E-state index in [-0.39, 0.29) is 29.9 Å². The number of nitrogens with one attached hydrogen (secondary N) is 1. The number of pyridine rings is 1. The Morgan fingerprint density at radius 3 is 2.83 bits per heavy atom. The van der Waals surface area contributed by atoms with E-state index in [1.807, 2.05) is 12.3 Å². The van der Waals surface area contributed by atoms with E-state index in [1.165, 1.54) is 5.56 Å². The molecule has 11 nitrogen and oxygen atoms in total. The molecule has 1 amide bonds. The Kier molecular flexibility index (Phi) is 6.26. The highest BCUT2D eigenvalue weighted by atomic mass is 16.5. The van der Waals surface area contributed by atoms with E-state index in [9.17, 15) is 4.79 Å². The molecule has 0 spiro atoms. The van der Waals surface area contributed by atoms with Crippen LogP contribution in [0.2, 0.25) is 0 Å². The van der Waals surface area contributed by atoms with Gasteiger partial charge in [-0.2, -0.15) is 15.0 Å². The molecule has 11 heteroatoms. The molecule has 0 saturated carbocycles. The van der Waals surface area contributed by atoms with Crippen molar-refractivity contribution >= 4 is 17.6 Å². The lowest BCUT2D eigenvalue weighted by molar-refractivity contribution is -0.00367. The van der Waals surface area contributed by atoms with E-state index >= 15 is 0 Å². The third kappa shape index (κ3) is 4.83. The van der Waals surface area contributed by atoms with Gasteiger partial charge >= 0.3 is 6.01 Å². The average Bonchev–Trinajstić information content (AvgIpc) is 3.55. The third-order valence-electron chi connectivity index (χ3n) is 6.93. The molecule has 4 aliphatic rings. The third-order valence-corrected chi connectivity index (χ3v) is 6.93. The molecule has 0 aliphatic carbocycles. The van der Waals surface area contributed by atoms with Crippen molar-refractivity contribution in [3.05, 3.63) is 35.4 Å². The van der Waals surface area contributed by atoms with Crippen LogP contribution in [-0.4, -0.2) is 83.2 Å². The minimum absolute atomic E-state index is 0.0146.